The van der Waals surface area contributed by atoms with E-state index in [4.69, 9.17) is 9.47 Å². The third-order valence-electron chi connectivity index (χ3n) is 11.5. The largest absolute Gasteiger partial charge is 0.453 e. The summed E-state index contributed by atoms with van der Waals surface area (Å²) < 4.78 is 11.1. The molecule has 0 aliphatic heterocycles. The summed E-state index contributed by atoms with van der Waals surface area (Å²) in [6.45, 7) is 18.9. The second-order valence-corrected chi connectivity index (χ2v) is 18.2. The van der Waals surface area contributed by atoms with Crippen molar-refractivity contribution in [2.24, 2.45) is 10.8 Å². The van der Waals surface area contributed by atoms with Gasteiger partial charge in [-0.2, -0.15) is 0 Å². The summed E-state index contributed by atoms with van der Waals surface area (Å²) in [5.41, 5.74) is 6.71. The molecule has 2 atom stereocenters. The Morgan fingerprint density at radius 3 is 1.29 bits per heavy atom. The number of hydrogen-bond donors (Lipinski definition) is 2. The van der Waals surface area contributed by atoms with Crippen molar-refractivity contribution in [1.29, 1.82) is 0 Å². The van der Waals surface area contributed by atoms with Crippen LogP contribution in [0.2, 0.25) is 0 Å². The number of carbonyl (C=O) groups is 6. The van der Waals surface area contributed by atoms with Crippen LogP contribution in [0.5, 0.6) is 0 Å². The van der Waals surface area contributed by atoms with Gasteiger partial charge in [-0.15, -0.1) is 0 Å². The molecule has 2 heterocycles. The first-order valence-corrected chi connectivity index (χ1v) is 22.5. The van der Waals surface area contributed by atoms with E-state index in [0.29, 0.717) is 35.1 Å². The number of aromatic nitrogens is 2. The number of nitrogens with zero attached hydrogens (tertiary/aromatic N) is 2. The molecule has 356 valence electrons. The van der Waals surface area contributed by atoms with Crippen molar-refractivity contribution in [2.45, 2.75) is 94.3 Å². The zero-order valence-corrected chi connectivity index (χ0v) is 40.8. The molecule has 0 unspecified atom stereocenters. The van der Waals surface area contributed by atoms with Crippen LogP contribution in [0, 0.1) is 10.8 Å². The minimum Gasteiger partial charge on any atom is -0.453 e. The van der Waals surface area contributed by atoms with Gasteiger partial charge in [-0.05, 0) is 98.9 Å². The molecule has 2 N–H and O–H groups in total. The van der Waals surface area contributed by atoms with Crippen molar-refractivity contribution >= 4 is 35.3 Å². The molecule has 68 heavy (non-hydrogen) atoms. The molecule has 2 aliphatic carbocycles. The number of carbonyl (C=O) groups excluding carboxylic acids is 6. The summed E-state index contributed by atoms with van der Waals surface area (Å²) in [5.74, 6) is -2.77. The Morgan fingerprint density at radius 1 is 0.588 bits per heavy atom. The molecule has 0 saturated heterocycles. The van der Waals surface area contributed by atoms with Crippen molar-refractivity contribution in [3.8, 4) is 0 Å². The average molecular weight is 921 g/mol. The fourth-order valence-electron chi connectivity index (χ4n) is 7.66. The molecule has 0 spiro atoms. The Bertz CT molecular complexity index is 2400. The lowest BCUT2D eigenvalue weighted by atomic mass is 9.71. The zero-order valence-electron chi connectivity index (χ0n) is 40.8. The van der Waals surface area contributed by atoms with Gasteiger partial charge >= 0.3 is 11.9 Å². The lowest BCUT2D eigenvalue weighted by Gasteiger charge is -2.36. The highest BCUT2D eigenvalue weighted by atomic mass is 16.6. The summed E-state index contributed by atoms with van der Waals surface area (Å²) >= 11 is 0. The number of hydrogen-bond acceptors (Lipinski definition) is 10. The van der Waals surface area contributed by atoms with Crippen LogP contribution in [-0.4, -0.2) is 70.6 Å². The molecule has 4 rings (SSSR count). The first-order valence-electron chi connectivity index (χ1n) is 22.5. The number of allylic oxidation sites excluding steroid dienone is 20. The molecule has 12 heteroatoms. The van der Waals surface area contributed by atoms with E-state index in [9.17, 15) is 28.8 Å². The summed E-state index contributed by atoms with van der Waals surface area (Å²) in [6.07, 6.45) is 32.5. The van der Waals surface area contributed by atoms with Gasteiger partial charge in [0.15, 0.2) is 23.8 Å². The van der Waals surface area contributed by atoms with Crippen LogP contribution < -0.4 is 10.6 Å². The van der Waals surface area contributed by atoms with Gasteiger partial charge in [0.2, 0.25) is 0 Å². The van der Waals surface area contributed by atoms with E-state index < -0.39 is 46.8 Å². The van der Waals surface area contributed by atoms with Crippen LogP contribution in [0.15, 0.2) is 179 Å². The molecular formula is C56H64N4O8. The predicted molar refractivity (Wildman–Crippen MR) is 266 cm³/mol. The highest BCUT2D eigenvalue weighted by Crippen LogP contribution is 2.42. The van der Waals surface area contributed by atoms with Crippen molar-refractivity contribution < 1.29 is 38.2 Å². The van der Waals surface area contributed by atoms with Crippen LogP contribution >= 0.6 is 0 Å². The Morgan fingerprint density at radius 2 is 0.941 bits per heavy atom. The molecule has 0 fully saturated rings. The number of nitrogens with one attached hydrogen (secondary N) is 2. The summed E-state index contributed by atoms with van der Waals surface area (Å²) in [5, 5.41) is 5.03. The normalized spacial score (nSPS) is 19.5. The second kappa shape index (κ2) is 25.0. The molecule has 0 aromatic carbocycles. The van der Waals surface area contributed by atoms with E-state index >= 15 is 0 Å². The number of ketones is 2. The molecule has 2 amide bonds. The maximum absolute atomic E-state index is 13.3. The van der Waals surface area contributed by atoms with E-state index in [2.05, 4.69) is 20.6 Å². The smallest absolute Gasteiger partial charge is 0.326 e. The molecule has 0 saturated carbocycles. The lowest BCUT2D eigenvalue weighted by molar-refractivity contribution is -0.155. The van der Waals surface area contributed by atoms with Crippen molar-refractivity contribution in [1.82, 2.24) is 20.6 Å². The zero-order chi connectivity index (χ0) is 50.0. The fourth-order valence-corrected chi connectivity index (χ4v) is 7.66. The maximum atomic E-state index is 13.3. The predicted octanol–water partition coefficient (Wildman–Crippen LogP) is 9.66. The third-order valence-corrected chi connectivity index (χ3v) is 11.5. The minimum atomic E-state index is -0.933. The number of ether oxygens (including phenoxy) is 2. The molecule has 2 aliphatic rings. The van der Waals surface area contributed by atoms with E-state index in [-0.39, 0.29) is 24.7 Å². The summed E-state index contributed by atoms with van der Waals surface area (Å²) in [7, 11) is 0. The second-order valence-electron chi connectivity index (χ2n) is 18.2. The van der Waals surface area contributed by atoms with Gasteiger partial charge in [0.25, 0.3) is 11.8 Å². The van der Waals surface area contributed by atoms with Gasteiger partial charge in [0.1, 0.15) is 13.1 Å². The summed E-state index contributed by atoms with van der Waals surface area (Å²) in [4.78, 5) is 84.0. The molecule has 0 radical (unpaired) electrons. The van der Waals surface area contributed by atoms with Crippen LogP contribution in [-0.2, 0) is 28.7 Å². The van der Waals surface area contributed by atoms with Gasteiger partial charge in [0.05, 0.1) is 11.1 Å². The van der Waals surface area contributed by atoms with Crippen LogP contribution in [0.25, 0.3) is 0 Å². The monoisotopic (exact) mass is 920 g/mol. The first-order chi connectivity index (χ1) is 32.2. The summed E-state index contributed by atoms with van der Waals surface area (Å²) in [6, 6.07) is 6.43. The van der Waals surface area contributed by atoms with Crippen molar-refractivity contribution in [3.05, 3.63) is 190 Å². The molecule has 2 aromatic heterocycles. The third kappa shape index (κ3) is 16.2. The topological polar surface area (TPSA) is 171 Å². The van der Waals surface area contributed by atoms with Crippen molar-refractivity contribution in [2.75, 3.05) is 13.1 Å². The van der Waals surface area contributed by atoms with Crippen LogP contribution in [0.4, 0.5) is 0 Å². The highest BCUT2D eigenvalue weighted by Gasteiger charge is 2.41. The van der Waals surface area contributed by atoms with E-state index in [1.165, 1.54) is 12.4 Å². The Balaban J connectivity index is 1.24. The quantitative estimate of drug-likeness (QED) is 0.108. The van der Waals surface area contributed by atoms with Gasteiger partial charge < -0.3 is 20.1 Å². The molecule has 2 aromatic rings. The van der Waals surface area contributed by atoms with E-state index in [1.54, 1.807) is 50.5 Å². The standard InChI is InChI=1S/C56H64N4O8/c1-37(19-13-21-39(3)25-27-45-41(5)51(63)47(31-55(45,7)8)67-49(61)35-59-53(65)43-23-15-29-57-33-43)17-11-12-18-38(2)20-14-22-40(4)26-28-46-42(6)52(64)48(32-56(46,9)10)68-50(62)36-60-54(66)44-24-16-30-58-34-44/h11-30,33-34,47-48H,31-32,35-36H2,1-10H3,(H,59,65)(H,60,66)/b12-11+,19-13+,20-14+,27-25+,28-26+,37-17+,38-18+,39-21+,40-22+/t47-,48-/m0/s1. The number of Topliss-reactive ketones (excluding diaryl/α,β-unsaturated/α-hetero) is 2. The Hall–Kier alpha value is -7.34. The fraction of sp³-hybridized carbons (Fsp3) is 0.321. The maximum Gasteiger partial charge on any atom is 0.326 e. The van der Waals surface area contributed by atoms with Crippen LogP contribution in [0.3, 0.4) is 0 Å². The Kier molecular flexibility index (Phi) is 19.6. The van der Waals surface area contributed by atoms with Gasteiger partial charge in [-0.25, -0.2) is 0 Å². The molecule has 0 bridgehead atoms. The first kappa shape index (κ1) is 53.3. The highest BCUT2D eigenvalue weighted by molar-refractivity contribution is 6.03. The number of rotatable bonds is 18. The molecule has 12 nitrogen and oxygen atoms in total. The van der Waals surface area contributed by atoms with Crippen LogP contribution in [0.1, 0.15) is 103 Å². The SMILES string of the molecule is CC1=C(/C=C/C(C)=C/C=C/C(C)=C/C=C/C=C(C)/C=C/C=C(C)/C=C/C2=C(C)C(=O)[C@@H](OC(=O)CNC(=O)c3cccnc3)CC2(C)C)C(C)(C)C[C@H](OC(=O)CNC(=O)c2cccnc2)C1=O. The Labute approximate surface area is 400 Å². The lowest BCUT2D eigenvalue weighted by Crippen LogP contribution is -2.41. The van der Waals surface area contributed by atoms with Gasteiger partial charge in [0, 0.05) is 37.6 Å². The van der Waals surface area contributed by atoms with Gasteiger partial charge in [-0.3, -0.25) is 38.7 Å². The number of esters is 2. The average Bonchev–Trinajstić information content (AvgIpc) is 3.29. The van der Waals surface area contributed by atoms with E-state index in [1.807, 2.05) is 140 Å². The van der Waals surface area contributed by atoms with E-state index in [0.717, 1.165) is 33.4 Å². The number of pyridine rings is 2. The minimum absolute atomic E-state index is 0.250. The number of amides is 2. The van der Waals surface area contributed by atoms with Crippen molar-refractivity contribution in [3.63, 3.8) is 0 Å². The molecular weight excluding hydrogens is 857 g/mol. The van der Waals surface area contributed by atoms with Gasteiger partial charge in [-0.1, -0.05) is 135 Å².